The van der Waals surface area contributed by atoms with E-state index in [0.29, 0.717) is 11.1 Å². The van der Waals surface area contributed by atoms with Gasteiger partial charge in [0.15, 0.2) is 6.10 Å². The average molecular weight is 325 g/mol. The Labute approximate surface area is 130 Å². The van der Waals surface area contributed by atoms with Gasteiger partial charge in [0.2, 0.25) is 5.78 Å². The minimum Gasteiger partial charge on any atom is -0.480 e. The lowest BCUT2D eigenvalue weighted by Gasteiger charge is -2.18. The number of hydrogen-bond donors (Lipinski definition) is 2. The number of nitrogens with zero attached hydrogens (tertiary/aromatic N) is 2. The zero-order chi connectivity index (χ0) is 16.5. The number of ether oxygens (including phenoxy) is 1. The number of carbonyl (C=O) groups excluding carboxylic acids is 2. The molecule has 0 bridgehead atoms. The average Bonchev–Trinajstić information content (AvgIpc) is 2.98. The Morgan fingerprint density at radius 2 is 2.27 bits per heavy atom. The molecule has 0 saturated carbocycles. The molecule has 0 aliphatic carbocycles. The molecule has 9 heteroatoms. The molecule has 1 heterocycles. The monoisotopic (exact) mass is 325 g/mol. The van der Waals surface area contributed by atoms with Crippen molar-refractivity contribution in [3.8, 4) is 0 Å². The molecule has 8 nitrogen and oxygen atoms in total. The molecule has 118 valence electrons. The molecule has 0 unspecified atom stereocenters. The molecule has 22 heavy (non-hydrogen) atoms. The summed E-state index contributed by atoms with van der Waals surface area (Å²) in [5.74, 6) is -2.40. The summed E-state index contributed by atoms with van der Waals surface area (Å²) >= 11 is 1.31. The Balaban J connectivity index is 2.69. The fraction of sp³-hybridized carbons (Fsp3) is 0.385. The standard InChI is InChI=1S/C13H15N3O5S/c1-21-11(10-3-2-6-22-10)12(18)16-9(13(19)20)5-4-8(17)7-15-14/h2-3,6-7,9,11H,4-5H2,1H3,(H,16,18)(H,19,20)/t9-,11+/m0/s1. The number of methoxy groups -OCH3 is 1. The highest BCUT2D eigenvalue weighted by molar-refractivity contribution is 7.10. The quantitative estimate of drug-likeness (QED) is 0.391. The topological polar surface area (TPSA) is 129 Å². The first-order valence-electron chi connectivity index (χ1n) is 6.29. The number of thiophene rings is 1. The molecule has 2 N–H and O–H groups in total. The molecule has 0 spiro atoms. The summed E-state index contributed by atoms with van der Waals surface area (Å²) in [6.07, 6.45) is -0.508. The minimum atomic E-state index is -1.26. The van der Waals surface area contributed by atoms with Gasteiger partial charge in [-0.3, -0.25) is 9.59 Å². The fourth-order valence-electron chi connectivity index (χ4n) is 1.71. The summed E-state index contributed by atoms with van der Waals surface area (Å²) in [6.45, 7) is 0. The van der Waals surface area contributed by atoms with Crippen LogP contribution < -0.4 is 5.32 Å². The highest BCUT2D eigenvalue weighted by Gasteiger charge is 2.27. The van der Waals surface area contributed by atoms with Crippen molar-refractivity contribution < 1.29 is 29.0 Å². The van der Waals surface area contributed by atoms with Crippen molar-refractivity contribution >= 4 is 35.2 Å². The summed E-state index contributed by atoms with van der Waals surface area (Å²) in [5.41, 5.74) is 8.21. The number of carbonyl (C=O) groups is 3. The van der Waals surface area contributed by atoms with E-state index in [1.807, 2.05) is 0 Å². The van der Waals surface area contributed by atoms with Gasteiger partial charge in [0.05, 0.1) is 0 Å². The lowest BCUT2D eigenvalue weighted by Crippen LogP contribution is -2.43. The van der Waals surface area contributed by atoms with Crippen LogP contribution in [-0.2, 0) is 19.1 Å². The second-order valence-corrected chi connectivity index (χ2v) is 5.26. The first kappa shape index (κ1) is 17.7. The van der Waals surface area contributed by atoms with Gasteiger partial charge in [0.1, 0.15) is 6.04 Å². The van der Waals surface area contributed by atoms with Gasteiger partial charge in [0, 0.05) is 18.4 Å². The molecule has 1 rings (SSSR count). The van der Waals surface area contributed by atoms with Gasteiger partial charge in [-0.15, -0.1) is 11.3 Å². The molecule has 2 atom stereocenters. The van der Waals surface area contributed by atoms with Crippen LogP contribution in [0.25, 0.3) is 5.53 Å². The Morgan fingerprint density at radius 1 is 1.55 bits per heavy atom. The van der Waals surface area contributed by atoms with Crippen molar-refractivity contribution in [1.82, 2.24) is 5.32 Å². The van der Waals surface area contributed by atoms with E-state index < -0.39 is 29.8 Å². The number of amides is 1. The molecule has 0 saturated heterocycles. The number of ketones is 1. The molecule has 0 aromatic carbocycles. The summed E-state index contributed by atoms with van der Waals surface area (Å²) in [7, 11) is 1.35. The van der Waals surface area contributed by atoms with Crippen LogP contribution in [0.3, 0.4) is 0 Å². The Morgan fingerprint density at radius 3 is 2.77 bits per heavy atom. The van der Waals surface area contributed by atoms with E-state index in [0.717, 1.165) is 0 Å². The third kappa shape index (κ3) is 5.21. The zero-order valence-corrected chi connectivity index (χ0v) is 12.6. The molecular formula is C13H15N3O5S. The van der Waals surface area contributed by atoms with E-state index in [9.17, 15) is 14.4 Å². The van der Waals surface area contributed by atoms with Crippen LogP contribution in [0.15, 0.2) is 17.5 Å². The van der Waals surface area contributed by atoms with Crippen LogP contribution in [0.1, 0.15) is 23.8 Å². The van der Waals surface area contributed by atoms with Gasteiger partial charge in [-0.2, -0.15) is 4.79 Å². The maximum Gasteiger partial charge on any atom is 0.326 e. The second-order valence-electron chi connectivity index (χ2n) is 4.28. The zero-order valence-electron chi connectivity index (χ0n) is 11.8. The predicted molar refractivity (Wildman–Crippen MR) is 77.6 cm³/mol. The lowest BCUT2D eigenvalue weighted by atomic mass is 10.1. The van der Waals surface area contributed by atoms with Crippen LogP contribution in [0.2, 0.25) is 0 Å². The van der Waals surface area contributed by atoms with Gasteiger partial charge in [0.25, 0.3) is 5.91 Å². The smallest absolute Gasteiger partial charge is 0.326 e. The van der Waals surface area contributed by atoms with E-state index in [-0.39, 0.29) is 12.8 Å². The number of aliphatic carboxylic acids is 1. The Kier molecular flexibility index (Phi) is 7.11. The largest absolute Gasteiger partial charge is 0.480 e. The maximum absolute atomic E-state index is 12.1. The fourth-order valence-corrected chi connectivity index (χ4v) is 2.51. The van der Waals surface area contributed by atoms with Gasteiger partial charge < -0.3 is 20.7 Å². The second kappa shape index (κ2) is 8.83. The van der Waals surface area contributed by atoms with Crippen molar-refractivity contribution in [3.63, 3.8) is 0 Å². The van der Waals surface area contributed by atoms with E-state index in [1.54, 1.807) is 17.5 Å². The lowest BCUT2D eigenvalue weighted by molar-refractivity contribution is -0.144. The SMILES string of the molecule is CO[C@@H](C(=O)N[C@@H](CCC(=O)C=[N+]=[N-])C(=O)O)c1cccs1. The highest BCUT2D eigenvalue weighted by atomic mass is 32.1. The van der Waals surface area contributed by atoms with E-state index in [1.165, 1.54) is 18.4 Å². The third-order valence-corrected chi connectivity index (χ3v) is 3.69. The number of hydrogen-bond acceptors (Lipinski definition) is 5. The summed E-state index contributed by atoms with van der Waals surface area (Å²) in [5, 5.41) is 13.2. The van der Waals surface area contributed by atoms with Crippen molar-refractivity contribution in [2.75, 3.05) is 7.11 Å². The van der Waals surface area contributed by atoms with Gasteiger partial charge >= 0.3 is 12.2 Å². The first-order chi connectivity index (χ1) is 10.5. The maximum atomic E-state index is 12.1. The summed E-state index contributed by atoms with van der Waals surface area (Å²) < 4.78 is 5.09. The van der Waals surface area contributed by atoms with Gasteiger partial charge in [-0.1, -0.05) is 6.07 Å². The van der Waals surface area contributed by atoms with Crippen molar-refractivity contribution in [2.24, 2.45) is 0 Å². The van der Waals surface area contributed by atoms with Crippen LogP contribution in [0.5, 0.6) is 0 Å². The van der Waals surface area contributed by atoms with E-state index in [2.05, 4.69) is 10.1 Å². The molecule has 1 aromatic heterocycles. The van der Waals surface area contributed by atoms with Gasteiger partial charge in [-0.05, 0) is 17.9 Å². The van der Waals surface area contributed by atoms with Crippen LogP contribution in [-0.4, -0.2) is 46.9 Å². The number of rotatable bonds is 9. The van der Waals surface area contributed by atoms with Crippen LogP contribution in [0.4, 0.5) is 0 Å². The van der Waals surface area contributed by atoms with E-state index in [4.69, 9.17) is 15.4 Å². The number of carboxylic acid groups (broad SMARTS) is 1. The third-order valence-electron chi connectivity index (χ3n) is 2.77. The molecule has 0 radical (unpaired) electrons. The van der Waals surface area contributed by atoms with Crippen LogP contribution >= 0.6 is 11.3 Å². The van der Waals surface area contributed by atoms with E-state index >= 15 is 0 Å². The number of nitrogens with one attached hydrogen (secondary N) is 1. The minimum absolute atomic E-state index is 0.118. The summed E-state index contributed by atoms with van der Waals surface area (Å²) in [4.78, 5) is 37.7. The normalized spacial score (nSPS) is 12.8. The van der Waals surface area contributed by atoms with Crippen LogP contribution in [0, 0.1) is 0 Å². The molecule has 0 aliphatic rings. The van der Waals surface area contributed by atoms with Gasteiger partial charge in [-0.25, -0.2) is 4.79 Å². The molecule has 0 fully saturated rings. The molecule has 1 amide bonds. The Bertz CT molecular complexity index is 581. The predicted octanol–water partition coefficient (Wildman–Crippen LogP) is 0.655. The molecule has 0 aliphatic heterocycles. The first-order valence-corrected chi connectivity index (χ1v) is 7.17. The number of carboxylic acids is 1. The number of Topliss-reactive ketones (excluding diaryl/α,β-unsaturated/α-hetero) is 1. The van der Waals surface area contributed by atoms with Crippen molar-refractivity contribution in [3.05, 3.63) is 27.9 Å². The van der Waals surface area contributed by atoms with Crippen molar-refractivity contribution in [1.29, 1.82) is 0 Å². The Hall–Kier alpha value is -2.35. The molecular weight excluding hydrogens is 310 g/mol. The molecule has 1 aromatic rings. The van der Waals surface area contributed by atoms with Crippen molar-refractivity contribution in [2.45, 2.75) is 25.0 Å². The highest BCUT2D eigenvalue weighted by Crippen LogP contribution is 2.22. The summed E-state index contributed by atoms with van der Waals surface area (Å²) in [6, 6.07) is 2.22.